The molecule has 0 unspecified atom stereocenters. The number of H-pyrrole nitrogens is 1. The van der Waals surface area contributed by atoms with Crippen molar-refractivity contribution in [1.82, 2.24) is 10.2 Å². The van der Waals surface area contributed by atoms with Gasteiger partial charge in [0.15, 0.2) is 0 Å². The number of anilines is 1. The molecule has 0 saturated heterocycles. The van der Waals surface area contributed by atoms with E-state index >= 15 is 0 Å². The average molecular weight is 369 g/mol. The molecule has 0 aliphatic carbocycles. The number of benzene rings is 2. The van der Waals surface area contributed by atoms with E-state index < -0.39 is 5.56 Å². The van der Waals surface area contributed by atoms with E-state index in [1.165, 1.54) is 6.20 Å². The SMILES string of the molecule is C/C(=N/Nc1cn[nH]c(=O)c1Cl)c1ccc(OCc2ccccc2)cc1. The van der Waals surface area contributed by atoms with E-state index in [0.29, 0.717) is 12.3 Å². The van der Waals surface area contributed by atoms with Gasteiger partial charge in [0.1, 0.15) is 23.1 Å². The molecule has 1 heterocycles. The first kappa shape index (κ1) is 17.7. The lowest BCUT2D eigenvalue weighted by molar-refractivity contribution is 0.306. The number of hydrogen-bond donors (Lipinski definition) is 2. The van der Waals surface area contributed by atoms with Gasteiger partial charge in [-0.05, 0) is 42.3 Å². The van der Waals surface area contributed by atoms with E-state index in [-0.39, 0.29) is 5.02 Å². The van der Waals surface area contributed by atoms with Gasteiger partial charge in [-0.15, -0.1) is 0 Å². The molecule has 0 atom stereocenters. The Kier molecular flexibility index (Phi) is 5.66. The molecule has 0 bridgehead atoms. The number of hydrogen-bond acceptors (Lipinski definition) is 5. The summed E-state index contributed by atoms with van der Waals surface area (Å²) in [5.74, 6) is 0.778. The van der Waals surface area contributed by atoms with Gasteiger partial charge in [-0.1, -0.05) is 41.9 Å². The Balaban J connectivity index is 1.63. The van der Waals surface area contributed by atoms with Crippen LogP contribution in [0.15, 0.2) is 70.7 Å². The van der Waals surface area contributed by atoms with Crippen molar-refractivity contribution >= 4 is 23.0 Å². The van der Waals surface area contributed by atoms with E-state index in [1.807, 2.05) is 61.5 Å². The number of halogens is 1. The van der Waals surface area contributed by atoms with Gasteiger partial charge in [0, 0.05) is 0 Å². The zero-order valence-electron chi connectivity index (χ0n) is 14.1. The third-order valence-electron chi connectivity index (χ3n) is 3.66. The number of ether oxygens (including phenoxy) is 1. The monoisotopic (exact) mass is 368 g/mol. The van der Waals surface area contributed by atoms with Gasteiger partial charge in [-0.25, -0.2) is 5.10 Å². The standard InChI is InChI=1S/C19H17ClN4O2/c1-13(22-23-17-11-21-24-19(25)18(17)20)15-7-9-16(10-8-15)26-12-14-5-3-2-4-6-14/h2-11H,12H2,1H3,(H2,23,24,25)/b22-13-. The van der Waals surface area contributed by atoms with Crippen molar-refractivity contribution in [2.75, 3.05) is 5.43 Å². The van der Waals surface area contributed by atoms with E-state index in [1.54, 1.807) is 0 Å². The Bertz CT molecular complexity index is 953. The van der Waals surface area contributed by atoms with Crippen LogP contribution in [0.5, 0.6) is 5.75 Å². The first-order valence-corrected chi connectivity index (χ1v) is 8.32. The number of hydrazone groups is 1. The van der Waals surface area contributed by atoms with Crippen LogP contribution in [0.2, 0.25) is 5.02 Å². The minimum Gasteiger partial charge on any atom is -0.489 e. The number of aromatic nitrogens is 2. The third kappa shape index (κ3) is 4.49. The lowest BCUT2D eigenvalue weighted by Crippen LogP contribution is -2.10. The zero-order chi connectivity index (χ0) is 18.4. The molecule has 132 valence electrons. The van der Waals surface area contributed by atoms with Crippen molar-refractivity contribution in [1.29, 1.82) is 0 Å². The van der Waals surface area contributed by atoms with Gasteiger partial charge < -0.3 is 4.74 Å². The van der Waals surface area contributed by atoms with Gasteiger partial charge in [0.25, 0.3) is 5.56 Å². The predicted octanol–water partition coefficient (Wildman–Crippen LogP) is 3.84. The van der Waals surface area contributed by atoms with Crippen molar-refractivity contribution in [2.45, 2.75) is 13.5 Å². The van der Waals surface area contributed by atoms with Gasteiger partial charge in [-0.3, -0.25) is 10.2 Å². The summed E-state index contributed by atoms with van der Waals surface area (Å²) in [5, 5.41) is 10.2. The highest BCUT2D eigenvalue weighted by molar-refractivity contribution is 6.32. The second-order valence-corrected chi connectivity index (χ2v) is 5.91. The normalized spacial score (nSPS) is 11.2. The van der Waals surface area contributed by atoms with Crippen molar-refractivity contribution in [3.05, 3.63) is 87.3 Å². The highest BCUT2D eigenvalue weighted by Crippen LogP contribution is 2.17. The van der Waals surface area contributed by atoms with Gasteiger partial charge in [0.2, 0.25) is 0 Å². The Morgan fingerprint density at radius 1 is 1.19 bits per heavy atom. The molecule has 26 heavy (non-hydrogen) atoms. The Morgan fingerprint density at radius 3 is 2.65 bits per heavy atom. The van der Waals surface area contributed by atoms with E-state index in [9.17, 15) is 4.79 Å². The second-order valence-electron chi connectivity index (χ2n) is 5.53. The van der Waals surface area contributed by atoms with Crippen LogP contribution in [-0.4, -0.2) is 15.9 Å². The quantitative estimate of drug-likeness (QED) is 0.511. The Morgan fingerprint density at radius 2 is 1.92 bits per heavy atom. The Labute approximate surface area is 155 Å². The first-order valence-electron chi connectivity index (χ1n) is 7.94. The van der Waals surface area contributed by atoms with Crippen LogP contribution < -0.4 is 15.7 Å². The molecule has 2 N–H and O–H groups in total. The molecule has 7 heteroatoms. The zero-order valence-corrected chi connectivity index (χ0v) is 14.8. The van der Waals surface area contributed by atoms with E-state index in [2.05, 4.69) is 20.7 Å². The molecule has 1 aromatic heterocycles. The molecule has 6 nitrogen and oxygen atoms in total. The van der Waals surface area contributed by atoms with Crippen LogP contribution in [0, 0.1) is 0 Å². The first-order chi connectivity index (χ1) is 12.6. The van der Waals surface area contributed by atoms with Crippen molar-refractivity contribution in [2.24, 2.45) is 5.10 Å². The maximum atomic E-state index is 11.4. The molecule has 0 saturated carbocycles. The molecule has 0 aliphatic heterocycles. The van der Waals surface area contributed by atoms with Crippen molar-refractivity contribution in [3.63, 3.8) is 0 Å². The van der Waals surface area contributed by atoms with E-state index in [4.69, 9.17) is 16.3 Å². The van der Waals surface area contributed by atoms with Gasteiger partial charge in [-0.2, -0.15) is 10.2 Å². The molecule has 3 rings (SSSR count). The van der Waals surface area contributed by atoms with Crippen molar-refractivity contribution in [3.8, 4) is 5.75 Å². The summed E-state index contributed by atoms with van der Waals surface area (Å²) in [7, 11) is 0. The molecule has 0 amide bonds. The molecule has 0 fully saturated rings. The molecule has 2 aromatic carbocycles. The fraction of sp³-hybridized carbons (Fsp3) is 0.105. The van der Waals surface area contributed by atoms with Crippen LogP contribution in [-0.2, 0) is 6.61 Å². The predicted molar refractivity (Wildman–Crippen MR) is 103 cm³/mol. The summed E-state index contributed by atoms with van der Waals surface area (Å²) in [6.45, 7) is 2.37. The summed E-state index contributed by atoms with van der Waals surface area (Å²) in [6.07, 6.45) is 1.40. The third-order valence-corrected chi connectivity index (χ3v) is 4.04. The minimum atomic E-state index is -0.468. The topological polar surface area (TPSA) is 79.4 Å². The summed E-state index contributed by atoms with van der Waals surface area (Å²) >= 11 is 5.90. The van der Waals surface area contributed by atoms with Gasteiger partial charge >= 0.3 is 0 Å². The minimum absolute atomic E-state index is 0.0150. The molecule has 0 aliphatic rings. The number of aromatic amines is 1. The molecule has 3 aromatic rings. The van der Waals surface area contributed by atoms with Crippen LogP contribution >= 0.6 is 11.6 Å². The molecular formula is C19H17ClN4O2. The summed E-state index contributed by atoms with van der Waals surface area (Å²) in [5.41, 5.74) is 5.39. The van der Waals surface area contributed by atoms with Crippen LogP contribution in [0.3, 0.4) is 0 Å². The highest BCUT2D eigenvalue weighted by Gasteiger charge is 2.04. The largest absolute Gasteiger partial charge is 0.489 e. The van der Waals surface area contributed by atoms with Crippen LogP contribution in [0.25, 0.3) is 0 Å². The fourth-order valence-electron chi connectivity index (χ4n) is 2.20. The summed E-state index contributed by atoms with van der Waals surface area (Å²) in [4.78, 5) is 11.4. The Hall–Kier alpha value is -3.12. The maximum Gasteiger partial charge on any atom is 0.285 e. The maximum absolute atomic E-state index is 11.4. The summed E-state index contributed by atoms with van der Waals surface area (Å²) in [6, 6.07) is 17.6. The highest BCUT2D eigenvalue weighted by atomic mass is 35.5. The van der Waals surface area contributed by atoms with Crippen LogP contribution in [0.1, 0.15) is 18.1 Å². The van der Waals surface area contributed by atoms with Gasteiger partial charge in [0.05, 0.1) is 11.9 Å². The lowest BCUT2D eigenvalue weighted by atomic mass is 10.1. The number of nitrogens with zero attached hydrogens (tertiary/aromatic N) is 2. The van der Waals surface area contributed by atoms with Crippen molar-refractivity contribution < 1.29 is 4.74 Å². The number of nitrogens with one attached hydrogen (secondary N) is 2. The fourth-order valence-corrected chi connectivity index (χ4v) is 2.34. The molecular weight excluding hydrogens is 352 g/mol. The lowest BCUT2D eigenvalue weighted by Gasteiger charge is -2.08. The average Bonchev–Trinajstić information content (AvgIpc) is 2.68. The number of rotatable bonds is 6. The van der Waals surface area contributed by atoms with E-state index in [0.717, 1.165) is 22.6 Å². The molecule has 0 spiro atoms. The van der Waals surface area contributed by atoms with Crippen LogP contribution in [0.4, 0.5) is 5.69 Å². The summed E-state index contributed by atoms with van der Waals surface area (Å²) < 4.78 is 5.77. The smallest absolute Gasteiger partial charge is 0.285 e. The molecule has 0 radical (unpaired) electrons. The second kappa shape index (κ2) is 8.31.